The number of thioether (sulfide) groups is 1. The zero-order chi connectivity index (χ0) is 14.0. The molecule has 1 aliphatic heterocycles. The molecule has 0 amide bonds. The van der Waals surface area contributed by atoms with Gasteiger partial charge in [-0.2, -0.15) is 24.9 Å². The molecular formula is C10H12F3N3O2S. The van der Waals surface area contributed by atoms with E-state index < -0.39 is 30.1 Å². The fourth-order valence-corrected chi connectivity index (χ4v) is 2.77. The number of hydrogen-bond donors (Lipinski definition) is 3. The molecular weight excluding hydrogens is 283 g/mol. The number of rotatable bonds is 2. The topological polar surface area (TPSA) is 78.3 Å². The summed E-state index contributed by atoms with van der Waals surface area (Å²) < 4.78 is 37.4. The van der Waals surface area contributed by atoms with Crippen LogP contribution in [0.4, 0.5) is 19.1 Å². The first-order chi connectivity index (χ1) is 8.88. The van der Waals surface area contributed by atoms with Gasteiger partial charge in [-0.25, -0.2) is 9.97 Å². The van der Waals surface area contributed by atoms with Gasteiger partial charge in [-0.15, -0.1) is 0 Å². The molecule has 0 radical (unpaired) electrons. The third-order valence-electron chi connectivity index (χ3n) is 2.65. The Labute approximate surface area is 111 Å². The van der Waals surface area contributed by atoms with Gasteiger partial charge in [0.15, 0.2) is 0 Å². The minimum absolute atomic E-state index is 0.214. The zero-order valence-electron chi connectivity index (χ0n) is 9.63. The molecule has 1 aliphatic rings. The van der Waals surface area contributed by atoms with Crippen LogP contribution in [0.3, 0.4) is 0 Å². The Kier molecular flexibility index (Phi) is 4.16. The fourth-order valence-electron chi connectivity index (χ4n) is 1.66. The first-order valence-corrected chi connectivity index (χ1v) is 6.64. The lowest BCUT2D eigenvalue weighted by molar-refractivity contribution is -0.141. The molecule has 2 heterocycles. The van der Waals surface area contributed by atoms with E-state index in [2.05, 4.69) is 15.3 Å². The van der Waals surface area contributed by atoms with E-state index in [1.165, 1.54) is 11.8 Å². The third kappa shape index (κ3) is 3.48. The van der Waals surface area contributed by atoms with E-state index in [0.717, 1.165) is 12.3 Å². The molecule has 2 rings (SSSR count). The van der Waals surface area contributed by atoms with Gasteiger partial charge >= 0.3 is 6.18 Å². The molecule has 0 unspecified atom stereocenters. The van der Waals surface area contributed by atoms with Gasteiger partial charge in [0.25, 0.3) is 0 Å². The Hall–Kier alpha value is -1.06. The number of alkyl halides is 3. The summed E-state index contributed by atoms with van der Waals surface area (Å²) in [5, 5.41) is 21.8. The SMILES string of the molecule is O[C@@H]1[C@@H](Nc2nccc(C(F)(F)F)n2)CSC[C@@H]1O. The van der Waals surface area contributed by atoms with Crippen LogP contribution in [-0.4, -0.2) is 49.9 Å². The minimum atomic E-state index is -4.54. The number of aliphatic hydroxyl groups excluding tert-OH is 2. The minimum Gasteiger partial charge on any atom is -0.389 e. The number of anilines is 1. The van der Waals surface area contributed by atoms with Gasteiger partial charge in [-0.05, 0) is 6.07 Å². The second-order valence-corrected chi connectivity index (χ2v) is 5.18. The van der Waals surface area contributed by atoms with Crippen LogP contribution >= 0.6 is 11.8 Å². The Morgan fingerprint density at radius 2 is 2.05 bits per heavy atom. The summed E-state index contributed by atoms with van der Waals surface area (Å²) in [6.45, 7) is 0. The van der Waals surface area contributed by atoms with Gasteiger partial charge in [-0.3, -0.25) is 0 Å². The van der Waals surface area contributed by atoms with E-state index >= 15 is 0 Å². The summed E-state index contributed by atoms with van der Waals surface area (Å²) in [5.74, 6) is 0.634. The van der Waals surface area contributed by atoms with E-state index in [0.29, 0.717) is 11.5 Å². The molecule has 1 aromatic rings. The smallest absolute Gasteiger partial charge is 0.389 e. The standard InChI is InChI=1S/C10H12F3N3O2S/c11-10(12,13)7-1-2-14-9(16-7)15-5-3-19-4-6(17)8(5)18/h1-2,5-6,8,17-18H,3-4H2,(H,14,15,16)/t5-,6-,8+/m0/s1. The van der Waals surface area contributed by atoms with Crippen molar-refractivity contribution in [3.63, 3.8) is 0 Å². The summed E-state index contributed by atoms with van der Waals surface area (Å²) >= 11 is 1.39. The van der Waals surface area contributed by atoms with Gasteiger partial charge in [0.1, 0.15) is 11.8 Å². The van der Waals surface area contributed by atoms with Crippen LogP contribution in [-0.2, 0) is 6.18 Å². The maximum Gasteiger partial charge on any atom is 0.433 e. The lowest BCUT2D eigenvalue weighted by Gasteiger charge is -2.31. The molecule has 3 N–H and O–H groups in total. The fraction of sp³-hybridized carbons (Fsp3) is 0.600. The molecule has 5 nitrogen and oxygen atoms in total. The van der Waals surface area contributed by atoms with Crippen LogP contribution in [0.25, 0.3) is 0 Å². The van der Waals surface area contributed by atoms with Crippen molar-refractivity contribution in [3.05, 3.63) is 18.0 Å². The number of nitrogens with one attached hydrogen (secondary N) is 1. The van der Waals surface area contributed by atoms with Crippen LogP contribution < -0.4 is 5.32 Å². The molecule has 0 saturated carbocycles. The first-order valence-electron chi connectivity index (χ1n) is 5.48. The molecule has 9 heteroatoms. The molecule has 1 aromatic heterocycles. The van der Waals surface area contributed by atoms with Crippen LogP contribution in [0, 0.1) is 0 Å². The number of aromatic nitrogens is 2. The van der Waals surface area contributed by atoms with Gasteiger partial charge in [0, 0.05) is 17.7 Å². The van der Waals surface area contributed by atoms with E-state index in [9.17, 15) is 23.4 Å². The lowest BCUT2D eigenvalue weighted by atomic mass is 10.1. The highest BCUT2D eigenvalue weighted by Crippen LogP contribution is 2.28. The molecule has 0 bridgehead atoms. The number of aliphatic hydroxyl groups is 2. The Morgan fingerprint density at radius 3 is 2.74 bits per heavy atom. The largest absolute Gasteiger partial charge is 0.433 e. The molecule has 19 heavy (non-hydrogen) atoms. The zero-order valence-corrected chi connectivity index (χ0v) is 10.4. The molecule has 0 aromatic carbocycles. The Balaban J connectivity index is 2.11. The summed E-state index contributed by atoms with van der Waals surface area (Å²) in [4.78, 5) is 7.03. The number of halogens is 3. The van der Waals surface area contributed by atoms with Crippen molar-refractivity contribution in [1.29, 1.82) is 0 Å². The van der Waals surface area contributed by atoms with Gasteiger partial charge in [-0.1, -0.05) is 0 Å². The predicted octanol–water partition coefficient (Wildman–Crippen LogP) is 0.744. The summed E-state index contributed by atoms with van der Waals surface area (Å²) in [5.41, 5.74) is -1.05. The van der Waals surface area contributed by atoms with E-state index in [1.807, 2.05) is 0 Å². The highest BCUT2D eigenvalue weighted by molar-refractivity contribution is 7.99. The lowest BCUT2D eigenvalue weighted by Crippen LogP contribution is -2.48. The predicted molar refractivity (Wildman–Crippen MR) is 63.8 cm³/mol. The molecule has 3 atom stereocenters. The molecule has 106 valence electrons. The van der Waals surface area contributed by atoms with Crippen molar-refractivity contribution in [2.45, 2.75) is 24.4 Å². The van der Waals surface area contributed by atoms with E-state index in [4.69, 9.17) is 0 Å². The van der Waals surface area contributed by atoms with Gasteiger partial charge in [0.05, 0.1) is 12.1 Å². The highest BCUT2D eigenvalue weighted by atomic mass is 32.2. The van der Waals surface area contributed by atoms with E-state index in [1.54, 1.807) is 0 Å². The maximum atomic E-state index is 12.5. The molecule has 1 fully saturated rings. The first kappa shape index (κ1) is 14.4. The average molecular weight is 295 g/mol. The molecule has 0 spiro atoms. The van der Waals surface area contributed by atoms with Crippen molar-refractivity contribution >= 4 is 17.7 Å². The van der Waals surface area contributed by atoms with Crippen molar-refractivity contribution in [2.75, 3.05) is 16.8 Å². The van der Waals surface area contributed by atoms with Gasteiger partial charge in [0.2, 0.25) is 5.95 Å². The third-order valence-corrected chi connectivity index (χ3v) is 3.83. The second kappa shape index (κ2) is 5.51. The Bertz CT molecular complexity index is 446. The summed E-state index contributed by atoms with van der Waals surface area (Å²) in [6.07, 6.45) is -5.52. The van der Waals surface area contributed by atoms with Crippen molar-refractivity contribution in [2.24, 2.45) is 0 Å². The van der Waals surface area contributed by atoms with Crippen LogP contribution in [0.5, 0.6) is 0 Å². The van der Waals surface area contributed by atoms with Crippen molar-refractivity contribution in [3.8, 4) is 0 Å². The molecule has 1 saturated heterocycles. The summed E-state index contributed by atoms with van der Waals surface area (Å²) in [7, 11) is 0. The monoisotopic (exact) mass is 295 g/mol. The van der Waals surface area contributed by atoms with Crippen molar-refractivity contribution < 1.29 is 23.4 Å². The van der Waals surface area contributed by atoms with Crippen LogP contribution in [0.1, 0.15) is 5.69 Å². The highest BCUT2D eigenvalue weighted by Gasteiger charge is 2.34. The summed E-state index contributed by atoms with van der Waals surface area (Å²) in [6, 6.07) is 0.184. The number of nitrogens with zero attached hydrogens (tertiary/aromatic N) is 2. The maximum absolute atomic E-state index is 12.5. The molecule has 0 aliphatic carbocycles. The number of hydrogen-bond acceptors (Lipinski definition) is 6. The van der Waals surface area contributed by atoms with E-state index in [-0.39, 0.29) is 5.95 Å². The Morgan fingerprint density at radius 1 is 1.32 bits per heavy atom. The quantitative estimate of drug-likeness (QED) is 0.747. The average Bonchev–Trinajstić information content (AvgIpc) is 2.34. The van der Waals surface area contributed by atoms with Crippen LogP contribution in [0.2, 0.25) is 0 Å². The second-order valence-electron chi connectivity index (χ2n) is 4.11. The van der Waals surface area contributed by atoms with Crippen molar-refractivity contribution in [1.82, 2.24) is 9.97 Å². The normalized spacial score (nSPS) is 28.2. The van der Waals surface area contributed by atoms with Gasteiger partial charge < -0.3 is 15.5 Å². The van der Waals surface area contributed by atoms with Crippen LogP contribution in [0.15, 0.2) is 12.3 Å².